The first-order valence-electron chi connectivity index (χ1n) is 9.64. The van der Waals surface area contributed by atoms with Crippen LogP contribution >= 0.6 is 11.8 Å². The Labute approximate surface area is 163 Å². The zero-order valence-electron chi connectivity index (χ0n) is 15.6. The average molecular weight is 384 g/mol. The maximum atomic E-state index is 6.44. The lowest BCUT2D eigenvalue weighted by Crippen LogP contribution is -2.47. The first-order chi connectivity index (χ1) is 13.2. The predicted octanol–water partition coefficient (Wildman–Crippen LogP) is 2.71. The summed E-state index contributed by atoms with van der Waals surface area (Å²) in [5, 5.41) is 0.935. The molecule has 0 radical (unpaired) electrons. The fourth-order valence-corrected chi connectivity index (χ4v) is 5.54. The summed E-state index contributed by atoms with van der Waals surface area (Å²) in [7, 11) is 2.00. The molecule has 142 valence electrons. The van der Waals surface area contributed by atoms with Crippen molar-refractivity contribution in [1.29, 1.82) is 0 Å². The highest BCUT2D eigenvalue weighted by atomic mass is 32.2. The van der Waals surface area contributed by atoms with Crippen molar-refractivity contribution < 1.29 is 0 Å². The van der Waals surface area contributed by atoms with Crippen LogP contribution in [0.15, 0.2) is 41.0 Å². The molecule has 27 heavy (non-hydrogen) atoms. The first kappa shape index (κ1) is 17.1. The van der Waals surface area contributed by atoms with E-state index in [2.05, 4.69) is 19.3 Å². The van der Waals surface area contributed by atoms with Crippen molar-refractivity contribution >= 4 is 23.4 Å². The molecule has 3 aromatic rings. The third-order valence-electron chi connectivity index (χ3n) is 6.37. The van der Waals surface area contributed by atoms with Crippen LogP contribution in [0.3, 0.4) is 0 Å². The molecule has 2 N–H and O–H groups in total. The topological polar surface area (TPSA) is 77.3 Å². The molecular formula is C19H25N7S. The summed E-state index contributed by atoms with van der Waals surface area (Å²) in [6.07, 6.45) is 15.6. The van der Waals surface area contributed by atoms with Crippen LogP contribution in [0.5, 0.6) is 0 Å². The molecule has 0 amide bonds. The van der Waals surface area contributed by atoms with Crippen LogP contribution in [0.4, 0.5) is 5.95 Å². The lowest BCUT2D eigenvalue weighted by Gasteiger charge is -2.42. The monoisotopic (exact) mass is 383 g/mol. The summed E-state index contributed by atoms with van der Waals surface area (Å²) in [6, 6.07) is 0.373. The van der Waals surface area contributed by atoms with Crippen molar-refractivity contribution in [2.75, 3.05) is 18.0 Å². The van der Waals surface area contributed by atoms with E-state index < -0.39 is 0 Å². The number of hydrogen-bond acceptors (Lipinski definition) is 6. The Morgan fingerprint density at radius 2 is 1.93 bits per heavy atom. The van der Waals surface area contributed by atoms with Crippen molar-refractivity contribution in [1.82, 2.24) is 23.9 Å². The molecule has 1 aliphatic carbocycles. The average Bonchev–Trinajstić information content (AvgIpc) is 3.39. The van der Waals surface area contributed by atoms with E-state index in [1.165, 1.54) is 19.3 Å². The molecule has 3 aromatic heterocycles. The van der Waals surface area contributed by atoms with Crippen LogP contribution in [0.1, 0.15) is 32.1 Å². The molecule has 4 heterocycles. The van der Waals surface area contributed by atoms with E-state index in [0.717, 1.165) is 47.6 Å². The van der Waals surface area contributed by atoms with Gasteiger partial charge >= 0.3 is 0 Å². The lowest BCUT2D eigenvalue weighted by molar-refractivity contribution is 0.197. The smallest absolute Gasteiger partial charge is 0.211 e. The molecule has 1 aliphatic heterocycles. The van der Waals surface area contributed by atoms with Crippen LogP contribution in [-0.4, -0.2) is 43.1 Å². The standard InChI is InChI=1S/C19H25N7S/c1-24-11-7-22-18(24)27-14-13-23-17(26-12-8-21-16(14)26)25-9-5-19(6-10-25)4-2-3-15(19)20/h7-8,11-13,15H,2-6,9-10,20H2,1H3/t15-/m1/s1. The molecule has 7 nitrogen and oxygen atoms in total. The maximum Gasteiger partial charge on any atom is 0.211 e. The van der Waals surface area contributed by atoms with Crippen LogP contribution in [0, 0.1) is 5.41 Å². The van der Waals surface area contributed by atoms with Crippen molar-refractivity contribution in [3.8, 4) is 0 Å². The Morgan fingerprint density at radius 1 is 1.11 bits per heavy atom. The predicted molar refractivity (Wildman–Crippen MR) is 106 cm³/mol. The van der Waals surface area contributed by atoms with E-state index in [9.17, 15) is 0 Å². The number of imidazole rings is 2. The van der Waals surface area contributed by atoms with Gasteiger partial charge in [-0.25, -0.2) is 15.0 Å². The van der Waals surface area contributed by atoms with Crippen molar-refractivity contribution in [3.05, 3.63) is 31.0 Å². The number of nitrogens with zero attached hydrogens (tertiary/aromatic N) is 6. The highest BCUT2D eigenvalue weighted by Gasteiger charge is 2.43. The summed E-state index contributed by atoms with van der Waals surface area (Å²) in [4.78, 5) is 17.2. The second-order valence-corrected chi connectivity index (χ2v) is 8.82. The number of fused-ring (bicyclic) bond motifs is 1. The van der Waals surface area contributed by atoms with Gasteiger partial charge < -0.3 is 15.2 Å². The molecule has 1 saturated carbocycles. The Kier molecular flexibility index (Phi) is 4.12. The van der Waals surface area contributed by atoms with E-state index >= 15 is 0 Å². The van der Waals surface area contributed by atoms with Crippen molar-refractivity contribution in [2.45, 2.75) is 48.2 Å². The van der Waals surface area contributed by atoms with Gasteiger partial charge in [0.2, 0.25) is 5.95 Å². The van der Waals surface area contributed by atoms with E-state index in [0.29, 0.717) is 11.5 Å². The third kappa shape index (κ3) is 2.82. The molecule has 2 fully saturated rings. The van der Waals surface area contributed by atoms with Gasteiger partial charge in [-0.3, -0.25) is 4.40 Å². The van der Waals surface area contributed by atoms with E-state index in [-0.39, 0.29) is 0 Å². The first-order valence-corrected chi connectivity index (χ1v) is 10.5. The van der Waals surface area contributed by atoms with Gasteiger partial charge in [-0.05, 0) is 42.9 Å². The number of nitrogens with two attached hydrogens (primary N) is 1. The van der Waals surface area contributed by atoms with Gasteiger partial charge in [0.1, 0.15) is 0 Å². The molecule has 8 heteroatoms. The van der Waals surface area contributed by atoms with Crippen LogP contribution in [-0.2, 0) is 7.05 Å². The Morgan fingerprint density at radius 3 is 2.63 bits per heavy atom. The van der Waals surface area contributed by atoms with Crippen LogP contribution in [0.25, 0.3) is 5.65 Å². The quantitative estimate of drug-likeness (QED) is 0.749. The zero-order chi connectivity index (χ0) is 18.4. The van der Waals surface area contributed by atoms with Gasteiger partial charge in [-0.2, -0.15) is 0 Å². The molecule has 1 atom stereocenters. The number of rotatable bonds is 3. The summed E-state index contributed by atoms with van der Waals surface area (Å²) in [5.74, 6) is 0.980. The van der Waals surface area contributed by atoms with Gasteiger partial charge in [0.25, 0.3) is 0 Å². The number of aryl methyl sites for hydroxylation is 1. The maximum absolute atomic E-state index is 6.44. The summed E-state index contributed by atoms with van der Waals surface area (Å²) < 4.78 is 4.12. The fourth-order valence-electron chi connectivity index (χ4n) is 4.68. The number of anilines is 1. The summed E-state index contributed by atoms with van der Waals surface area (Å²) in [6.45, 7) is 2.03. The van der Waals surface area contributed by atoms with E-state index in [1.807, 2.05) is 42.6 Å². The summed E-state index contributed by atoms with van der Waals surface area (Å²) in [5.41, 5.74) is 7.73. The normalized spacial score (nSPS) is 22.1. The molecule has 0 aromatic carbocycles. The van der Waals surface area contributed by atoms with Gasteiger partial charge in [0, 0.05) is 57.2 Å². The third-order valence-corrected chi connectivity index (χ3v) is 7.45. The van der Waals surface area contributed by atoms with Gasteiger partial charge in [-0.1, -0.05) is 6.42 Å². The molecule has 1 spiro atoms. The highest BCUT2D eigenvalue weighted by molar-refractivity contribution is 7.99. The minimum absolute atomic E-state index is 0.360. The van der Waals surface area contributed by atoms with Crippen LogP contribution < -0.4 is 10.6 Å². The number of piperidine rings is 1. The minimum atomic E-state index is 0.360. The van der Waals surface area contributed by atoms with Gasteiger partial charge in [-0.15, -0.1) is 0 Å². The second-order valence-electron chi connectivity index (χ2n) is 7.81. The van der Waals surface area contributed by atoms with E-state index in [4.69, 9.17) is 10.7 Å². The minimum Gasteiger partial charge on any atom is -0.342 e. The molecule has 0 unspecified atom stereocenters. The molecule has 1 saturated heterocycles. The SMILES string of the molecule is Cn1ccnc1Sc1cnc(N2CCC3(CCC[C@H]3N)CC2)n2ccnc12. The Bertz CT molecular complexity index is 954. The molecule has 5 rings (SSSR count). The lowest BCUT2D eigenvalue weighted by atomic mass is 9.74. The number of hydrogen-bond donors (Lipinski definition) is 1. The molecule has 0 bridgehead atoms. The van der Waals surface area contributed by atoms with Crippen molar-refractivity contribution in [2.24, 2.45) is 18.2 Å². The Hall–Kier alpha value is -2.06. The summed E-state index contributed by atoms with van der Waals surface area (Å²) >= 11 is 1.60. The highest BCUT2D eigenvalue weighted by Crippen LogP contribution is 2.46. The van der Waals surface area contributed by atoms with E-state index in [1.54, 1.807) is 11.8 Å². The second kappa shape index (κ2) is 6.53. The Balaban J connectivity index is 1.41. The van der Waals surface area contributed by atoms with Gasteiger partial charge in [0.15, 0.2) is 10.8 Å². The number of aromatic nitrogens is 5. The van der Waals surface area contributed by atoms with Gasteiger partial charge in [0.05, 0.1) is 4.90 Å². The molecular weight excluding hydrogens is 358 g/mol. The van der Waals surface area contributed by atoms with Crippen LogP contribution in [0.2, 0.25) is 0 Å². The van der Waals surface area contributed by atoms with Crippen molar-refractivity contribution in [3.63, 3.8) is 0 Å². The zero-order valence-corrected chi connectivity index (χ0v) is 16.4. The largest absolute Gasteiger partial charge is 0.342 e. The fraction of sp³-hybridized carbons (Fsp3) is 0.526. The molecule has 2 aliphatic rings.